The van der Waals surface area contributed by atoms with Crippen molar-refractivity contribution in [3.63, 3.8) is 0 Å². The molecule has 0 saturated carbocycles. The molecule has 7 unspecified atom stereocenters. The molecular weight excluding hydrogens is 851 g/mol. The minimum atomic E-state index is -1.55. The first kappa shape index (κ1) is 65.2. The van der Waals surface area contributed by atoms with Gasteiger partial charge in [-0.3, -0.25) is 4.79 Å². The maximum Gasteiger partial charge on any atom is 0.220 e. The van der Waals surface area contributed by atoms with E-state index in [9.17, 15) is 30.3 Å². The maximum atomic E-state index is 13.0. The van der Waals surface area contributed by atoms with Gasteiger partial charge in [0.2, 0.25) is 5.91 Å². The fraction of sp³-hybridized carbons (Fsp3) is 0.983. The van der Waals surface area contributed by atoms with E-state index in [0.29, 0.717) is 12.8 Å². The minimum Gasteiger partial charge on any atom is -0.394 e. The number of amides is 1. The standard InChI is InChI=1S/C59H117NO8/c1-3-5-7-9-11-13-15-16-17-18-19-20-21-22-23-24-25-26-27-28-29-30-31-32-33-34-35-36-37-38-39-41-43-45-47-49-55(63)60-52(51-67-59-58(66)57(65)56(64)54(50-61)68-59)53(62)48-46-44-42-40-14-12-10-8-6-4-2/h52-54,56-59,61-62,64-66H,3-51H2,1-2H3,(H,60,63). The molecule has 0 aromatic heterocycles. The molecule has 0 radical (unpaired) electrons. The van der Waals surface area contributed by atoms with Gasteiger partial charge >= 0.3 is 0 Å². The molecule has 1 rings (SSSR count). The van der Waals surface area contributed by atoms with Crippen LogP contribution in [0, 0.1) is 0 Å². The number of aliphatic hydroxyl groups excluding tert-OH is 5. The molecule has 7 atom stereocenters. The van der Waals surface area contributed by atoms with Crippen LogP contribution in [0.2, 0.25) is 0 Å². The van der Waals surface area contributed by atoms with Gasteiger partial charge in [-0.15, -0.1) is 0 Å². The monoisotopic (exact) mass is 968 g/mol. The van der Waals surface area contributed by atoms with Crippen LogP contribution in [-0.2, 0) is 14.3 Å². The Bertz CT molecular complexity index is 1030. The number of hydrogen-bond acceptors (Lipinski definition) is 8. The highest BCUT2D eigenvalue weighted by Crippen LogP contribution is 2.23. The highest BCUT2D eigenvalue weighted by Gasteiger charge is 2.44. The van der Waals surface area contributed by atoms with Crippen LogP contribution in [0.1, 0.15) is 316 Å². The Kier molecular flexibility index (Phi) is 47.7. The SMILES string of the molecule is CCCCCCCCCCCCCCCCCCCCCCCCCCCCCCCCCCCCCC(=O)NC(COC1OC(CO)C(O)C(O)C1O)C(O)CCCCCCCCCCCC. The first-order valence-electron chi connectivity index (χ1n) is 30.2. The Morgan fingerprint density at radius 2 is 0.735 bits per heavy atom. The van der Waals surface area contributed by atoms with Crippen LogP contribution in [0.3, 0.4) is 0 Å². The van der Waals surface area contributed by atoms with E-state index in [1.807, 2.05) is 0 Å². The summed E-state index contributed by atoms with van der Waals surface area (Å²) in [6.45, 7) is 3.85. The Morgan fingerprint density at radius 1 is 0.441 bits per heavy atom. The molecule has 1 saturated heterocycles. The average Bonchev–Trinajstić information content (AvgIpc) is 3.34. The van der Waals surface area contributed by atoms with E-state index in [1.54, 1.807) is 0 Å². The van der Waals surface area contributed by atoms with Gasteiger partial charge in [-0.1, -0.05) is 296 Å². The number of ether oxygens (including phenoxy) is 2. The van der Waals surface area contributed by atoms with Crippen molar-refractivity contribution in [1.82, 2.24) is 5.32 Å². The zero-order valence-electron chi connectivity index (χ0n) is 45.2. The Morgan fingerprint density at radius 3 is 1.04 bits per heavy atom. The number of nitrogens with one attached hydrogen (secondary N) is 1. The number of rotatable bonds is 53. The first-order valence-corrected chi connectivity index (χ1v) is 30.2. The summed E-state index contributed by atoms with van der Waals surface area (Å²) >= 11 is 0. The Balaban J connectivity index is 2.00. The lowest BCUT2D eigenvalue weighted by molar-refractivity contribution is -0.302. The highest BCUT2D eigenvalue weighted by atomic mass is 16.7. The lowest BCUT2D eigenvalue weighted by Crippen LogP contribution is -2.60. The highest BCUT2D eigenvalue weighted by molar-refractivity contribution is 5.76. The van der Waals surface area contributed by atoms with Crippen molar-refractivity contribution in [2.24, 2.45) is 0 Å². The van der Waals surface area contributed by atoms with Gasteiger partial charge in [0.05, 0.1) is 25.4 Å². The van der Waals surface area contributed by atoms with Gasteiger partial charge in [-0.2, -0.15) is 0 Å². The van der Waals surface area contributed by atoms with Crippen molar-refractivity contribution in [2.75, 3.05) is 13.2 Å². The lowest BCUT2D eigenvalue weighted by atomic mass is 9.99. The predicted octanol–water partition coefficient (Wildman–Crippen LogP) is 15.0. The summed E-state index contributed by atoms with van der Waals surface area (Å²) in [5.74, 6) is -0.138. The third kappa shape index (κ3) is 38.8. The molecular formula is C59H117NO8. The van der Waals surface area contributed by atoms with Crippen LogP contribution in [-0.4, -0.2) is 87.5 Å². The molecule has 0 aromatic rings. The molecule has 9 nitrogen and oxygen atoms in total. The summed E-state index contributed by atoms with van der Waals surface area (Å²) in [7, 11) is 0. The number of carbonyl (C=O) groups is 1. The van der Waals surface area contributed by atoms with E-state index < -0.39 is 49.5 Å². The van der Waals surface area contributed by atoms with E-state index in [1.165, 1.54) is 250 Å². The van der Waals surface area contributed by atoms with Crippen molar-refractivity contribution < 1.29 is 39.8 Å². The molecule has 9 heteroatoms. The summed E-state index contributed by atoms with van der Waals surface area (Å²) in [4.78, 5) is 13.0. The van der Waals surface area contributed by atoms with Crippen LogP contribution in [0.4, 0.5) is 0 Å². The van der Waals surface area contributed by atoms with Gasteiger partial charge in [-0.25, -0.2) is 0 Å². The van der Waals surface area contributed by atoms with Crippen LogP contribution in [0.5, 0.6) is 0 Å². The van der Waals surface area contributed by atoms with Gasteiger partial charge in [0.15, 0.2) is 6.29 Å². The smallest absolute Gasteiger partial charge is 0.220 e. The van der Waals surface area contributed by atoms with Crippen LogP contribution in [0.15, 0.2) is 0 Å². The summed E-state index contributed by atoms with van der Waals surface area (Å²) < 4.78 is 11.3. The van der Waals surface area contributed by atoms with E-state index in [2.05, 4.69) is 19.2 Å². The zero-order chi connectivity index (χ0) is 49.4. The van der Waals surface area contributed by atoms with E-state index in [-0.39, 0.29) is 12.5 Å². The molecule has 1 heterocycles. The molecule has 0 aliphatic carbocycles. The number of unbranched alkanes of at least 4 members (excludes halogenated alkanes) is 43. The summed E-state index contributed by atoms with van der Waals surface area (Å²) in [5, 5.41) is 54.4. The largest absolute Gasteiger partial charge is 0.394 e. The molecule has 1 aliphatic heterocycles. The Hall–Kier alpha value is -0.810. The van der Waals surface area contributed by atoms with Gasteiger partial charge in [0.25, 0.3) is 0 Å². The average molecular weight is 969 g/mol. The molecule has 0 bridgehead atoms. The van der Waals surface area contributed by atoms with Crippen molar-refractivity contribution in [1.29, 1.82) is 0 Å². The van der Waals surface area contributed by atoms with E-state index >= 15 is 0 Å². The lowest BCUT2D eigenvalue weighted by Gasteiger charge is -2.40. The molecule has 406 valence electrons. The van der Waals surface area contributed by atoms with Gasteiger partial charge in [-0.05, 0) is 12.8 Å². The fourth-order valence-corrected chi connectivity index (χ4v) is 10.2. The minimum absolute atomic E-state index is 0.132. The molecule has 1 aliphatic rings. The molecule has 6 N–H and O–H groups in total. The van der Waals surface area contributed by atoms with Crippen molar-refractivity contribution in [3.8, 4) is 0 Å². The summed E-state index contributed by atoms with van der Waals surface area (Å²) in [5.41, 5.74) is 0. The second-order valence-corrected chi connectivity index (χ2v) is 21.5. The molecule has 68 heavy (non-hydrogen) atoms. The maximum absolute atomic E-state index is 13.0. The first-order chi connectivity index (χ1) is 33.3. The van der Waals surface area contributed by atoms with Gasteiger partial charge in [0.1, 0.15) is 24.4 Å². The summed E-state index contributed by atoms with van der Waals surface area (Å²) in [6.07, 6.45) is 53.3. The third-order valence-corrected chi connectivity index (χ3v) is 15.0. The van der Waals surface area contributed by atoms with E-state index in [0.717, 1.165) is 38.5 Å². The predicted molar refractivity (Wildman–Crippen MR) is 286 cm³/mol. The molecule has 0 aromatic carbocycles. The molecule has 1 amide bonds. The summed E-state index contributed by atoms with van der Waals surface area (Å²) in [6, 6.07) is -0.712. The van der Waals surface area contributed by atoms with Crippen LogP contribution < -0.4 is 5.32 Å². The number of aliphatic hydroxyl groups is 5. The molecule has 1 fully saturated rings. The number of carbonyl (C=O) groups excluding carboxylic acids is 1. The van der Waals surface area contributed by atoms with Crippen LogP contribution >= 0.6 is 0 Å². The second-order valence-electron chi connectivity index (χ2n) is 21.5. The normalized spacial score (nSPS) is 19.4. The fourth-order valence-electron chi connectivity index (χ4n) is 10.2. The topological polar surface area (TPSA) is 149 Å². The van der Waals surface area contributed by atoms with Crippen molar-refractivity contribution in [3.05, 3.63) is 0 Å². The third-order valence-electron chi connectivity index (χ3n) is 15.0. The molecule has 0 spiro atoms. The van der Waals surface area contributed by atoms with E-state index in [4.69, 9.17) is 9.47 Å². The Labute approximate surface area is 421 Å². The van der Waals surface area contributed by atoms with Crippen molar-refractivity contribution >= 4 is 5.91 Å². The van der Waals surface area contributed by atoms with Crippen LogP contribution in [0.25, 0.3) is 0 Å². The number of hydrogen-bond donors (Lipinski definition) is 6. The quantitative estimate of drug-likeness (QED) is 0.0330. The van der Waals surface area contributed by atoms with Gasteiger partial charge in [0, 0.05) is 6.42 Å². The van der Waals surface area contributed by atoms with Gasteiger partial charge < -0.3 is 40.3 Å². The second kappa shape index (κ2) is 49.8. The zero-order valence-corrected chi connectivity index (χ0v) is 45.2. The van der Waals surface area contributed by atoms with Crippen molar-refractivity contribution in [2.45, 2.75) is 358 Å².